The number of hydrazone groups is 1. The molecule has 43 heavy (non-hydrogen) atoms. The Morgan fingerprint density at radius 2 is 1.93 bits per heavy atom. The highest BCUT2D eigenvalue weighted by Gasteiger charge is 2.28. The Bertz CT molecular complexity index is 1540. The summed E-state index contributed by atoms with van der Waals surface area (Å²) in [7, 11) is 1.72. The molecule has 0 amide bonds. The van der Waals surface area contributed by atoms with Crippen LogP contribution >= 0.6 is 0 Å². The van der Waals surface area contributed by atoms with E-state index in [2.05, 4.69) is 40.6 Å². The summed E-state index contributed by atoms with van der Waals surface area (Å²) in [4.78, 5) is 18.6. The number of benzene rings is 1. The monoisotopic (exact) mass is 582 g/mol. The van der Waals surface area contributed by atoms with E-state index < -0.39 is 0 Å². The molecule has 0 atom stereocenters. The quantitative estimate of drug-likeness (QED) is 0.124. The Hall–Kier alpha value is -4.39. The van der Waals surface area contributed by atoms with Crippen LogP contribution < -0.4 is 15.5 Å². The molecular weight excluding hydrogens is 544 g/mol. The molecule has 1 aromatic carbocycles. The fourth-order valence-corrected chi connectivity index (χ4v) is 5.39. The van der Waals surface area contributed by atoms with Gasteiger partial charge >= 0.3 is 0 Å². The molecule has 3 N–H and O–H groups in total. The van der Waals surface area contributed by atoms with Crippen LogP contribution in [0.5, 0.6) is 5.75 Å². The van der Waals surface area contributed by atoms with Crippen molar-refractivity contribution in [1.82, 2.24) is 34.6 Å². The highest BCUT2D eigenvalue weighted by molar-refractivity contribution is 6.37. The molecule has 0 aliphatic carbocycles. The van der Waals surface area contributed by atoms with Gasteiger partial charge in [-0.25, -0.2) is 15.0 Å². The van der Waals surface area contributed by atoms with E-state index in [1.165, 1.54) is 6.21 Å². The number of anilines is 1. The summed E-state index contributed by atoms with van der Waals surface area (Å²) in [6.45, 7) is 8.62. The molecule has 0 radical (unpaired) electrons. The number of pyridine rings is 1. The van der Waals surface area contributed by atoms with Gasteiger partial charge in [-0.05, 0) is 18.1 Å². The molecule has 0 bridgehead atoms. The van der Waals surface area contributed by atoms with Gasteiger partial charge in [0.25, 0.3) is 0 Å². The maximum Gasteiger partial charge on any atom is 0.140 e. The zero-order chi connectivity index (χ0) is 29.4. The minimum absolute atomic E-state index is 0.578. The molecule has 224 valence electrons. The summed E-state index contributed by atoms with van der Waals surface area (Å²) >= 11 is 0. The van der Waals surface area contributed by atoms with Crippen LogP contribution in [0.3, 0.4) is 0 Å². The van der Waals surface area contributed by atoms with Crippen molar-refractivity contribution < 1.29 is 9.47 Å². The van der Waals surface area contributed by atoms with E-state index in [0.717, 1.165) is 92.1 Å². The van der Waals surface area contributed by atoms with Crippen LogP contribution in [0.25, 0.3) is 17.0 Å². The van der Waals surface area contributed by atoms with Gasteiger partial charge in [-0.3, -0.25) is 9.30 Å². The number of ether oxygens (including phenoxy) is 2. The van der Waals surface area contributed by atoms with Gasteiger partial charge in [0.15, 0.2) is 0 Å². The van der Waals surface area contributed by atoms with Crippen molar-refractivity contribution in [2.75, 3.05) is 64.9 Å². The van der Waals surface area contributed by atoms with Gasteiger partial charge in [0, 0.05) is 76.4 Å². The number of hydrogen-bond donors (Lipinski definition) is 3. The Balaban J connectivity index is 1.00. The second kappa shape index (κ2) is 13.7. The maximum atomic E-state index is 7.53. The zero-order valence-electron chi connectivity index (χ0n) is 24.4. The first kappa shape index (κ1) is 28.7. The topological polar surface area (TPSA) is 128 Å². The Morgan fingerprint density at radius 3 is 2.67 bits per heavy atom. The predicted octanol–water partition coefficient (Wildman–Crippen LogP) is 2.76. The van der Waals surface area contributed by atoms with E-state index in [1.54, 1.807) is 13.4 Å². The van der Waals surface area contributed by atoms with E-state index >= 15 is 0 Å². The van der Waals surface area contributed by atoms with E-state index in [0.29, 0.717) is 24.9 Å². The van der Waals surface area contributed by atoms with Crippen LogP contribution in [0.15, 0.2) is 66.3 Å². The van der Waals surface area contributed by atoms with Crippen molar-refractivity contribution in [2.45, 2.75) is 19.0 Å². The first-order valence-electron chi connectivity index (χ1n) is 14.7. The van der Waals surface area contributed by atoms with Crippen molar-refractivity contribution in [3.63, 3.8) is 0 Å². The average Bonchev–Trinajstić information content (AvgIpc) is 3.45. The largest absolute Gasteiger partial charge is 0.493 e. The number of nitrogens with one attached hydrogen (secondary N) is 3. The smallest absolute Gasteiger partial charge is 0.140 e. The fourth-order valence-electron chi connectivity index (χ4n) is 5.39. The second-order valence-electron chi connectivity index (χ2n) is 10.7. The highest BCUT2D eigenvalue weighted by atomic mass is 16.5. The van der Waals surface area contributed by atoms with Crippen LogP contribution in [0.1, 0.15) is 17.5 Å². The normalized spacial score (nSPS) is 16.6. The van der Waals surface area contributed by atoms with E-state index in [9.17, 15) is 0 Å². The zero-order valence-corrected chi connectivity index (χ0v) is 24.4. The van der Waals surface area contributed by atoms with Crippen LogP contribution in [0, 0.1) is 5.41 Å². The number of nitrogens with zero attached hydrogens (tertiary/aromatic N) is 7. The van der Waals surface area contributed by atoms with Crippen molar-refractivity contribution in [1.29, 1.82) is 5.41 Å². The Morgan fingerprint density at radius 1 is 1.09 bits per heavy atom. The molecule has 3 aromatic heterocycles. The molecule has 2 aliphatic heterocycles. The van der Waals surface area contributed by atoms with E-state index in [4.69, 9.17) is 14.9 Å². The fraction of sp³-hybridized carbons (Fsp3) is 0.387. The van der Waals surface area contributed by atoms with Crippen LogP contribution in [0.4, 0.5) is 5.82 Å². The Kier molecular flexibility index (Phi) is 9.16. The number of imidazole rings is 1. The van der Waals surface area contributed by atoms with Crippen LogP contribution in [0.2, 0.25) is 0 Å². The van der Waals surface area contributed by atoms with Gasteiger partial charge < -0.3 is 30.5 Å². The minimum Gasteiger partial charge on any atom is -0.493 e. The molecular formula is C31H38N10O2. The summed E-state index contributed by atoms with van der Waals surface area (Å²) in [6, 6.07) is 14.4. The molecule has 6 rings (SSSR count). The summed E-state index contributed by atoms with van der Waals surface area (Å²) in [5, 5.41) is 15.0. The first-order chi connectivity index (χ1) is 21.2. The number of aromatic nitrogens is 4. The molecule has 0 unspecified atom stereocenters. The molecule has 4 aromatic rings. The van der Waals surface area contributed by atoms with Crippen LogP contribution in [-0.2, 0) is 11.3 Å². The van der Waals surface area contributed by atoms with Gasteiger partial charge in [0.1, 0.15) is 29.3 Å². The third-order valence-electron chi connectivity index (χ3n) is 7.94. The molecule has 5 heterocycles. The predicted molar refractivity (Wildman–Crippen MR) is 167 cm³/mol. The molecule has 2 saturated heterocycles. The lowest BCUT2D eigenvalue weighted by molar-refractivity contribution is -0.0769. The molecule has 12 heteroatoms. The van der Waals surface area contributed by atoms with Gasteiger partial charge in [-0.1, -0.05) is 24.3 Å². The second-order valence-corrected chi connectivity index (χ2v) is 10.7. The molecule has 2 aliphatic rings. The molecule has 2 fully saturated rings. The van der Waals surface area contributed by atoms with Gasteiger partial charge in [0.05, 0.1) is 43.4 Å². The van der Waals surface area contributed by atoms with E-state index in [1.807, 2.05) is 59.3 Å². The lowest BCUT2D eigenvalue weighted by Gasteiger charge is -2.42. The number of hydrogen-bond acceptors (Lipinski definition) is 11. The van der Waals surface area contributed by atoms with Gasteiger partial charge in [0.2, 0.25) is 0 Å². The Labute approximate surface area is 251 Å². The average molecular weight is 583 g/mol. The third-order valence-corrected chi connectivity index (χ3v) is 7.94. The third kappa shape index (κ3) is 6.99. The van der Waals surface area contributed by atoms with Crippen molar-refractivity contribution >= 4 is 23.4 Å². The maximum absolute atomic E-state index is 7.53. The van der Waals surface area contributed by atoms with Crippen molar-refractivity contribution in [3.8, 4) is 17.1 Å². The van der Waals surface area contributed by atoms with E-state index in [-0.39, 0.29) is 0 Å². The van der Waals surface area contributed by atoms with Crippen LogP contribution in [-0.4, -0.2) is 107 Å². The van der Waals surface area contributed by atoms with Gasteiger partial charge in [-0.2, -0.15) is 5.10 Å². The van der Waals surface area contributed by atoms with Gasteiger partial charge in [-0.15, -0.1) is 0 Å². The van der Waals surface area contributed by atoms with Crippen molar-refractivity contribution in [2.24, 2.45) is 5.10 Å². The minimum atomic E-state index is 0.578. The number of fused-ring (bicyclic) bond motifs is 1. The number of piperazine rings is 1. The first-order valence-corrected chi connectivity index (χ1v) is 14.7. The lowest BCUT2D eigenvalue weighted by atomic mass is 10.1. The molecule has 0 spiro atoms. The number of rotatable bonds is 13. The molecule has 12 nitrogen and oxygen atoms in total. The summed E-state index contributed by atoms with van der Waals surface area (Å²) in [5.41, 5.74) is 7.73. The molecule has 0 saturated carbocycles. The van der Waals surface area contributed by atoms with Crippen molar-refractivity contribution in [3.05, 3.63) is 72.3 Å². The summed E-state index contributed by atoms with van der Waals surface area (Å²) in [5.74, 6) is 1.54. The SMILES string of the molecule is CN/N=C(\C=N)c1ccc(CNc2cc(-c3cnc4cc(OCCCN5CCN(C6COC6)CC5)ccn34)ncn2)cc1. The standard InChI is InChI=1S/C31H38N10O2/c1-33-38-28(17-32)24-5-3-23(4-6-24)18-34-30-16-27(36-22-37-30)29-19-35-31-15-26(7-9-41(29)31)43-14-2-8-39-10-12-40(13-11-39)25-20-42-21-25/h3-7,9,15-17,19,22,25,32-33H,2,8,10-14,18,20-21H2,1H3,(H,34,36,37)/b32-17?,38-28+. The highest BCUT2D eigenvalue weighted by Crippen LogP contribution is 2.23. The lowest BCUT2D eigenvalue weighted by Crippen LogP contribution is -2.56. The summed E-state index contributed by atoms with van der Waals surface area (Å²) in [6.07, 6.45) is 7.59. The summed E-state index contributed by atoms with van der Waals surface area (Å²) < 4.78 is 13.4.